The minimum Gasteiger partial charge on any atom is -0.372 e. The summed E-state index contributed by atoms with van der Waals surface area (Å²) >= 11 is 3.06. The summed E-state index contributed by atoms with van der Waals surface area (Å²) in [6.07, 6.45) is 1.08. The third-order valence-electron chi connectivity index (χ3n) is 1.97. The van der Waals surface area contributed by atoms with E-state index in [0.29, 0.717) is 17.0 Å². The number of hydrogen-bond donors (Lipinski definition) is 1. The summed E-state index contributed by atoms with van der Waals surface area (Å²) in [4.78, 5) is 11.4. The van der Waals surface area contributed by atoms with Crippen molar-refractivity contribution in [2.75, 3.05) is 18.5 Å². The Bertz CT molecular complexity index is 357. The van der Waals surface area contributed by atoms with Gasteiger partial charge in [-0.3, -0.25) is 10.1 Å². The third kappa shape index (κ3) is 5.47. The van der Waals surface area contributed by atoms with Gasteiger partial charge in [-0.15, -0.1) is 10.2 Å². The van der Waals surface area contributed by atoms with Crippen LogP contribution in [0.3, 0.4) is 0 Å². The van der Waals surface area contributed by atoms with E-state index in [2.05, 4.69) is 29.4 Å². The second kappa shape index (κ2) is 7.62. The van der Waals surface area contributed by atoms with Crippen molar-refractivity contribution in [2.45, 2.75) is 36.8 Å². The third-order valence-corrected chi connectivity index (χ3v) is 4.16. The summed E-state index contributed by atoms with van der Waals surface area (Å²) in [7, 11) is 0. The van der Waals surface area contributed by atoms with Gasteiger partial charge < -0.3 is 4.74 Å². The lowest BCUT2D eigenvalue weighted by Gasteiger charge is -2.02. The molecule has 0 radical (unpaired) electrons. The second-order valence-corrected chi connectivity index (χ2v) is 6.06. The van der Waals surface area contributed by atoms with E-state index in [-0.39, 0.29) is 12.5 Å². The Balaban J connectivity index is 2.42. The fraction of sp³-hybridized carbons (Fsp3) is 0.700. The number of ether oxygens (including phenoxy) is 1. The number of nitrogens with one attached hydrogen (secondary N) is 1. The predicted octanol–water partition coefficient (Wildman–Crippen LogP) is 2.40. The first-order valence-electron chi connectivity index (χ1n) is 5.53. The first-order chi connectivity index (χ1) is 8.15. The van der Waals surface area contributed by atoms with Crippen molar-refractivity contribution in [2.24, 2.45) is 0 Å². The van der Waals surface area contributed by atoms with Gasteiger partial charge in [-0.2, -0.15) is 0 Å². The Morgan fingerprint density at radius 3 is 2.94 bits per heavy atom. The Kier molecular flexibility index (Phi) is 6.46. The van der Waals surface area contributed by atoms with Gasteiger partial charge in [0.15, 0.2) is 4.34 Å². The zero-order valence-electron chi connectivity index (χ0n) is 10.2. The number of nitrogens with zero attached hydrogens (tertiary/aromatic N) is 2. The van der Waals surface area contributed by atoms with E-state index < -0.39 is 0 Å². The molecule has 0 aromatic carbocycles. The number of carbonyl (C=O) groups is 1. The average molecular weight is 275 g/mol. The second-order valence-electron chi connectivity index (χ2n) is 3.40. The number of carbonyl (C=O) groups excluding carboxylic acids is 1. The summed E-state index contributed by atoms with van der Waals surface area (Å²) in [6.45, 7) is 6.70. The van der Waals surface area contributed by atoms with Crippen LogP contribution >= 0.6 is 23.1 Å². The summed E-state index contributed by atoms with van der Waals surface area (Å²) in [6, 6.07) is 0. The van der Waals surface area contributed by atoms with Crippen molar-refractivity contribution >= 4 is 34.1 Å². The molecule has 0 bridgehead atoms. The van der Waals surface area contributed by atoms with Crippen molar-refractivity contribution in [1.29, 1.82) is 0 Å². The van der Waals surface area contributed by atoms with Gasteiger partial charge in [0.1, 0.15) is 6.61 Å². The molecule has 1 unspecified atom stereocenters. The number of hydrogen-bond acceptors (Lipinski definition) is 6. The summed E-state index contributed by atoms with van der Waals surface area (Å²) in [5.74, 6) is -0.192. The standard InChI is InChI=1S/C10H17N3O2S2/c1-4-7(3)16-10-13-12-9(17-10)11-8(14)6-15-5-2/h7H,4-6H2,1-3H3,(H,11,12,14). The monoisotopic (exact) mass is 275 g/mol. The van der Waals surface area contributed by atoms with Crippen LogP contribution in [0.2, 0.25) is 0 Å². The Morgan fingerprint density at radius 1 is 1.53 bits per heavy atom. The molecule has 17 heavy (non-hydrogen) atoms. The maximum atomic E-state index is 11.4. The van der Waals surface area contributed by atoms with E-state index in [0.717, 1.165) is 10.8 Å². The first kappa shape index (κ1) is 14.4. The molecule has 0 saturated carbocycles. The molecule has 1 aromatic heterocycles. The highest BCUT2D eigenvalue weighted by atomic mass is 32.2. The molecule has 1 heterocycles. The van der Waals surface area contributed by atoms with Crippen molar-refractivity contribution in [3.8, 4) is 0 Å². The molecule has 0 saturated heterocycles. The molecule has 1 N–H and O–H groups in total. The van der Waals surface area contributed by atoms with E-state index in [1.165, 1.54) is 11.3 Å². The smallest absolute Gasteiger partial charge is 0.252 e. The van der Waals surface area contributed by atoms with E-state index in [1.54, 1.807) is 11.8 Å². The molecule has 0 aliphatic rings. The molecule has 1 aromatic rings. The minimum absolute atomic E-state index is 0.0594. The van der Waals surface area contributed by atoms with Crippen LogP contribution in [0.5, 0.6) is 0 Å². The van der Waals surface area contributed by atoms with Gasteiger partial charge in [-0.25, -0.2) is 0 Å². The van der Waals surface area contributed by atoms with Crippen LogP contribution in [0, 0.1) is 0 Å². The number of rotatable bonds is 7. The van der Waals surface area contributed by atoms with Crippen LogP contribution in [-0.2, 0) is 9.53 Å². The zero-order valence-corrected chi connectivity index (χ0v) is 11.9. The van der Waals surface area contributed by atoms with Gasteiger partial charge in [0.25, 0.3) is 5.91 Å². The quantitative estimate of drug-likeness (QED) is 0.611. The molecular formula is C10H17N3O2S2. The first-order valence-corrected chi connectivity index (χ1v) is 7.23. The van der Waals surface area contributed by atoms with Crippen LogP contribution in [-0.4, -0.2) is 34.6 Å². The minimum atomic E-state index is -0.192. The van der Waals surface area contributed by atoms with Gasteiger partial charge in [0.05, 0.1) is 0 Å². The van der Waals surface area contributed by atoms with Gasteiger partial charge in [0.2, 0.25) is 5.13 Å². The largest absolute Gasteiger partial charge is 0.372 e. The molecule has 96 valence electrons. The Hall–Kier alpha value is -0.660. The highest BCUT2D eigenvalue weighted by Crippen LogP contribution is 2.29. The van der Waals surface area contributed by atoms with Crippen molar-refractivity contribution in [1.82, 2.24) is 10.2 Å². The average Bonchev–Trinajstić information content (AvgIpc) is 2.73. The molecule has 1 atom stereocenters. The summed E-state index contributed by atoms with van der Waals surface area (Å²) in [5.41, 5.74) is 0. The molecule has 0 aliphatic heterocycles. The number of thioether (sulfide) groups is 1. The van der Waals surface area contributed by atoms with Gasteiger partial charge in [-0.05, 0) is 13.3 Å². The van der Waals surface area contributed by atoms with Gasteiger partial charge in [-0.1, -0.05) is 36.9 Å². The van der Waals surface area contributed by atoms with E-state index >= 15 is 0 Å². The lowest BCUT2D eigenvalue weighted by atomic mass is 10.4. The summed E-state index contributed by atoms with van der Waals surface area (Å²) in [5, 5.41) is 11.6. The van der Waals surface area contributed by atoms with Crippen LogP contribution < -0.4 is 5.32 Å². The van der Waals surface area contributed by atoms with Gasteiger partial charge >= 0.3 is 0 Å². The predicted molar refractivity (Wildman–Crippen MR) is 70.6 cm³/mol. The van der Waals surface area contributed by atoms with Crippen LogP contribution in [0.1, 0.15) is 27.2 Å². The molecule has 0 spiro atoms. The van der Waals surface area contributed by atoms with Crippen LogP contribution in [0.15, 0.2) is 4.34 Å². The summed E-state index contributed by atoms with van der Waals surface area (Å²) < 4.78 is 5.88. The molecule has 1 amide bonds. The fourth-order valence-electron chi connectivity index (χ4n) is 0.913. The fourth-order valence-corrected chi connectivity index (χ4v) is 2.93. The lowest BCUT2D eigenvalue weighted by molar-refractivity contribution is -0.120. The Morgan fingerprint density at radius 2 is 2.29 bits per heavy atom. The molecule has 0 fully saturated rings. The van der Waals surface area contributed by atoms with Crippen LogP contribution in [0.4, 0.5) is 5.13 Å². The normalized spacial score (nSPS) is 12.4. The molecular weight excluding hydrogens is 258 g/mol. The van der Waals surface area contributed by atoms with Crippen molar-refractivity contribution in [3.63, 3.8) is 0 Å². The Labute approximate surface area is 109 Å². The van der Waals surface area contributed by atoms with Gasteiger partial charge in [0, 0.05) is 11.9 Å². The number of amides is 1. The topological polar surface area (TPSA) is 64.1 Å². The highest BCUT2D eigenvalue weighted by Gasteiger charge is 2.10. The maximum Gasteiger partial charge on any atom is 0.252 e. The number of anilines is 1. The van der Waals surface area contributed by atoms with Crippen molar-refractivity contribution in [3.05, 3.63) is 0 Å². The molecule has 0 aliphatic carbocycles. The number of aromatic nitrogens is 2. The SMILES string of the molecule is CCOCC(=O)Nc1nnc(SC(C)CC)s1. The van der Waals surface area contributed by atoms with E-state index in [9.17, 15) is 4.79 Å². The van der Waals surface area contributed by atoms with E-state index in [1.807, 2.05) is 6.92 Å². The highest BCUT2D eigenvalue weighted by molar-refractivity contribution is 8.01. The molecule has 7 heteroatoms. The lowest BCUT2D eigenvalue weighted by Crippen LogP contribution is -2.17. The van der Waals surface area contributed by atoms with Crippen molar-refractivity contribution < 1.29 is 9.53 Å². The maximum absolute atomic E-state index is 11.4. The molecule has 5 nitrogen and oxygen atoms in total. The van der Waals surface area contributed by atoms with E-state index in [4.69, 9.17) is 4.74 Å². The molecule has 1 rings (SSSR count). The zero-order chi connectivity index (χ0) is 12.7. The van der Waals surface area contributed by atoms with Crippen LogP contribution in [0.25, 0.3) is 0 Å².